The maximum Gasteiger partial charge on any atom is 0.433 e. The fourth-order valence-corrected chi connectivity index (χ4v) is 4.39. The van der Waals surface area contributed by atoms with Crippen molar-refractivity contribution in [3.05, 3.63) is 41.0 Å². The van der Waals surface area contributed by atoms with Gasteiger partial charge < -0.3 is 4.90 Å². The van der Waals surface area contributed by atoms with E-state index >= 15 is 0 Å². The monoisotopic (exact) mass is 398 g/mol. The van der Waals surface area contributed by atoms with Gasteiger partial charge in [-0.05, 0) is 17.5 Å². The normalized spacial score (nSPS) is 15.6. The van der Waals surface area contributed by atoms with Crippen LogP contribution in [0.25, 0.3) is 16.2 Å². The molecular weight excluding hydrogens is 385 g/mol. The van der Waals surface area contributed by atoms with Crippen LogP contribution in [0.5, 0.6) is 0 Å². The van der Waals surface area contributed by atoms with Crippen LogP contribution >= 0.6 is 23.1 Å². The van der Waals surface area contributed by atoms with Crippen molar-refractivity contribution >= 4 is 34.7 Å². The number of rotatable bonds is 2. The first-order valence-electron chi connectivity index (χ1n) is 7.82. The standard InChI is InChI=1S/C16H13F3N4OS2/c17-16(18,19)13-8-11(12-2-1-5-26-12)21-14-10(9-20-23(13)14)15(24)22-3-6-25-7-4-22/h1-2,5,8-9H,3-4,6-7H2. The van der Waals surface area contributed by atoms with E-state index in [1.54, 1.807) is 34.2 Å². The molecule has 1 amide bonds. The summed E-state index contributed by atoms with van der Waals surface area (Å²) in [4.78, 5) is 19.3. The molecule has 0 atom stereocenters. The third-order valence-corrected chi connectivity index (χ3v) is 5.90. The van der Waals surface area contributed by atoms with Gasteiger partial charge >= 0.3 is 6.18 Å². The van der Waals surface area contributed by atoms with Crippen LogP contribution in [0.4, 0.5) is 13.2 Å². The zero-order chi connectivity index (χ0) is 18.3. The van der Waals surface area contributed by atoms with Gasteiger partial charge in [0.2, 0.25) is 0 Å². The molecule has 0 aliphatic carbocycles. The molecule has 1 saturated heterocycles. The molecular formula is C16H13F3N4OS2. The van der Waals surface area contributed by atoms with Crippen molar-refractivity contribution in [2.24, 2.45) is 0 Å². The number of hydrogen-bond acceptors (Lipinski definition) is 5. The van der Waals surface area contributed by atoms with Crippen LogP contribution in [0.3, 0.4) is 0 Å². The number of halogens is 3. The minimum Gasteiger partial charge on any atom is -0.337 e. The van der Waals surface area contributed by atoms with Gasteiger partial charge in [0.25, 0.3) is 5.91 Å². The molecule has 5 nitrogen and oxygen atoms in total. The molecule has 3 aromatic heterocycles. The van der Waals surface area contributed by atoms with Crippen LogP contribution in [0, 0.1) is 0 Å². The van der Waals surface area contributed by atoms with Gasteiger partial charge in [-0.25, -0.2) is 9.50 Å². The summed E-state index contributed by atoms with van der Waals surface area (Å²) in [5.74, 6) is 1.29. The van der Waals surface area contributed by atoms with E-state index in [0.717, 1.165) is 17.6 Å². The molecule has 1 aliphatic heterocycles. The molecule has 4 rings (SSSR count). The Bertz CT molecular complexity index is 946. The summed E-state index contributed by atoms with van der Waals surface area (Å²) in [5.41, 5.74) is -0.727. The average Bonchev–Trinajstić information content (AvgIpc) is 3.30. The third kappa shape index (κ3) is 3.07. The van der Waals surface area contributed by atoms with Crippen LogP contribution < -0.4 is 0 Å². The Morgan fingerprint density at radius 3 is 2.65 bits per heavy atom. The van der Waals surface area contributed by atoms with Gasteiger partial charge in [0, 0.05) is 24.6 Å². The Kier molecular flexibility index (Phi) is 4.39. The quantitative estimate of drug-likeness (QED) is 0.661. The first-order valence-corrected chi connectivity index (χ1v) is 9.85. The molecule has 0 N–H and O–H groups in total. The van der Waals surface area contributed by atoms with Crippen molar-refractivity contribution in [2.75, 3.05) is 24.6 Å². The molecule has 1 fully saturated rings. The number of thioether (sulfide) groups is 1. The first-order chi connectivity index (χ1) is 12.4. The second-order valence-corrected chi connectivity index (χ2v) is 7.87. The van der Waals surface area contributed by atoms with Gasteiger partial charge in [-0.15, -0.1) is 11.3 Å². The fraction of sp³-hybridized carbons (Fsp3) is 0.312. The van der Waals surface area contributed by atoms with E-state index in [1.807, 2.05) is 0 Å². The lowest BCUT2D eigenvalue weighted by atomic mass is 10.2. The summed E-state index contributed by atoms with van der Waals surface area (Å²) < 4.78 is 41.3. The molecule has 10 heteroatoms. The number of nitrogens with zero attached hydrogens (tertiary/aromatic N) is 4. The molecule has 0 unspecified atom stereocenters. The Labute approximate surface area is 154 Å². The van der Waals surface area contributed by atoms with Crippen molar-refractivity contribution in [2.45, 2.75) is 6.18 Å². The lowest BCUT2D eigenvalue weighted by Crippen LogP contribution is -2.37. The average molecular weight is 398 g/mol. The highest BCUT2D eigenvalue weighted by atomic mass is 32.2. The van der Waals surface area contributed by atoms with E-state index in [-0.39, 0.29) is 22.8 Å². The summed E-state index contributed by atoms with van der Waals surface area (Å²) in [6, 6.07) is 4.41. The van der Waals surface area contributed by atoms with E-state index in [0.29, 0.717) is 22.5 Å². The molecule has 3 aromatic rings. The molecule has 26 heavy (non-hydrogen) atoms. The van der Waals surface area contributed by atoms with Gasteiger partial charge in [-0.3, -0.25) is 4.79 Å². The predicted molar refractivity (Wildman–Crippen MR) is 94.5 cm³/mol. The number of hydrogen-bond donors (Lipinski definition) is 0. The second kappa shape index (κ2) is 6.58. The summed E-state index contributed by atoms with van der Waals surface area (Å²) >= 11 is 3.04. The van der Waals surface area contributed by atoms with Crippen molar-refractivity contribution < 1.29 is 18.0 Å². The zero-order valence-corrected chi connectivity index (χ0v) is 15.0. The van der Waals surface area contributed by atoms with Gasteiger partial charge in [-0.1, -0.05) is 6.07 Å². The summed E-state index contributed by atoms with van der Waals surface area (Å²) in [6.07, 6.45) is -3.43. The lowest BCUT2D eigenvalue weighted by molar-refractivity contribution is -0.142. The number of carbonyl (C=O) groups excluding carboxylic acids is 1. The minimum absolute atomic E-state index is 0.0635. The molecule has 1 aliphatic rings. The van der Waals surface area contributed by atoms with Gasteiger partial charge in [0.1, 0.15) is 5.56 Å². The highest BCUT2D eigenvalue weighted by Gasteiger charge is 2.36. The van der Waals surface area contributed by atoms with E-state index < -0.39 is 11.9 Å². The van der Waals surface area contributed by atoms with Gasteiger partial charge in [0.05, 0.1) is 16.8 Å². The Morgan fingerprint density at radius 2 is 2.00 bits per heavy atom. The molecule has 0 saturated carbocycles. The third-order valence-electron chi connectivity index (χ3n) is 4.06. The molecule has 0 aromatic carbocycles. The number of fused-ring (bicyclic) bond motifs is 1. The van der Waals surface area contributed by atoms with Gasteiger partial charge in [-0.2, -0.15) is 30.0 Å². The lowest BCUT2D eigenvalue weighted by Gasteiger charge is -2.25. The number of amides is 1. The maximum absolute atomic E-state index is 13.5. The van der Waals surface area contributed by atoms with Crippen molar-refractivity contribution in [3.8, 4) is 10.6 Å². The number of carbonyl (C=O) groups is 1. The van der Waals surface area contributed by atoms with Crippen LogP contribution in [-0.2, 0) is 6.18 Å². The van der Waals surface area contributed by atoms with Crippen molar-refractivity contribution in [1.29, 1.82) is 0 Å². The SMILES string of the molecule is O=C(c1cnn2c(C(F)(F)F)cc(-c3cccs3)nc12)N1CCSCC1. The van der Waals surface area contributed by atoms with Crippen LogP contribution in [0.2, 0.25) is 0 Å². The smallest absolute Gasteiger partial charge is 0.337 e. The van der Waals surface area contributed by atoms with E-state index in [1.165, 1.54) is 17.5 Å². The predicted octanol–water partition coefficient (Wildman–Crippen LogP) is 3.67. The van der Waals surface area contributed by atoms with Crippen LogP contribution in [-0.4, -0.2) is 50.0 Å². The Morgan fingerprint density at radius 1 is 1.23 bits per heavy atom. The van der Waals surface area contributed by atoms with E-state index in [4.69, 9.17) is 0 Å². The Hall–Kier alpha value is -2.07. The minimum atomic E-state index is -4.61. The first kappa shape index (κ1) is 17.3. The molecule has 4 heterocycles. The molecule has 136 valence electrons. The van der Waals surface area contributed by atoms with Crippen molar-refractivity contribution in [1.82, 2.24) is 19.5 Å². The maximum atomic E-state index is 13.5. The van der Waals surface area contributed by atoms with Crippen LogP contribution in [0.1, 0.15) is 16.1 Å². The molecule has 0 bridgehead atoms. The summed E-state index contributed by atoms with van der Waals surface area (Å²) in [6.45, 7) is 1.13. The highest BCUT2D eigenvalue weighted by molar-refractivity contribution is 7.99. The summed E-state index contributed by atoms with van der Waals surface area (Å²) in [7, 11) is 0. The van der Waals surface area contributed by atoms with E-state index in [2.05, 4.69) is 10.1 Å². The number of aromatic nitrogens is 3. The van der Waals surface area contributed by atoms with Crippen molar-refractivity contribution in [3.63, 3.8) is 0 Å². The molecule has 0 spiro atoms. The topological polar surface area (TPSA) is 50.5 Å². The number of alkyl halides is 3. The van der Waals surface area contributed by atoms with E-state index in [9.17, 15) is 18.0 Å². The Balaban J connectivity index is 1.87. The summed E-state index contributed by atoms with van der Waals surface area (Å²) in [5, 5.41) is 5.57. The zero-order valence-electron chi connectivity index (χ0n) is 13.4. The fourth-order valence-electron chi connectivity index (χ4n) is 2.80. The van der Waals surface area contributed by atoms with Gasteiger partial charge in [0.15, 0.2) is 11.3 Å². The second-order valence-electron chi connectivity index (χ2n) is 5.70. The van der Waals surface area contributed by atoms with Crippen LogP contribution in [0.15, 0.2) is 29.8 Å². The number of thiophene rings is 1. The largest absolute Gasteiger partial charge is 0.433 e. The highest BCUT2D eigenvalue weighted by Crippen LogP contribution is 2.34. The molecule has 0 radical (unpaired) electrons.